The summed E-state index contributed by atoms with van der Waals surface area (Å²) in [6.07, 6.45) is 0.941. The maximum atomic E-state index is 11.9. The lowest BCUT2D eigenvalue weighted by atomic mass is 9.99. The van der Waals surface area contributed by atoms with Crippen LogP contribution in [0.3, 0.4) is 0 Å². The first-order chi connectivity index (χ1) is 22.7. The van der Waals surface area contributed by atoms with Crippen LogP contribution >= 0.6 is 0 Å². The van der Waals surface area contributed by atoms with E-state index in [1.165, 1.54) is 24.3 Å². The molecular formula is C32H33N5O9S2. The molecule has 0 radical (unpaired) electrons. The van der Waals surface area contributed by atoms with Gasteiger partial charge in [0.05, 0.1) is 11.4 Å². The molecule has 14 nitrogen and oxygen atoms in total. The van der Waals surface area contributed by atoms with Crippen molar-refractivity contribution in [1.29, 1.82) is 0 Å². The quantitative estimate of drug-likeness (QED) is 0.165. The molecule has 0 saturated carbocycles. The van der Waals surface area contributed by atoms with E-state index in [0.717, 1.165) is 30.9 Å². The lowest BCUT2D eigenvalue weighted by molar-refractivity contribution is -0.118. The first kappa shape index (κ1) is 34.0. The summed E-state index contributed by atoms with van der Waals surface area (Å²) in [6, 6.07) is 22.2. The molecule has 48 heavy (non-hydrogen) atoms. The average molecular weight is 696 g/mol. The standard InChI is InChI=1S/C16H17N3O4S.C16H16N2O5S/c17-9-13-4-2-1-3-12(13)7-11-5-6-14(15(20)8-11)19-10-16(21)18-24(19,22)23;1-10-2-5-14(19)12(6-10)7-11-3-4-13(15(20)8-11)18-9-16(21)17-24(18,22)23/h1-6,8,20H,7,9-10,17H2,(H,18,21);2-6,8,19-20H,7,9H2,1H3,(H,17,21). The molecule has 0 unspecified atom stereocenters. The van der Waals surface area contributed by atoms with Gasteiger partial charge in [0.15, 0.2) is 0 Å². The zero-order valence-electron chi connectivity index (χ0n) is 25.6. The number of phenolic OH excluding ortho intramolecular Hbond substituents is 3. The number of rotatable bonds is 7. The first-order valence-electron chi connectivity index (χ1n) is 14.5. The topological polar surface area (TPSA) is 220 Å². The number of hydrogen-bond donors (Lipinski definition) is 6. The highest BCUT2D eigenvalue weighted by molar-refractivity contribution is 7.92. The van der Waals surface area contributed by atoms with Gasteiger partial charge in [-0.05, 0) is 71.5 Å². The average Bonchev–Trinajstić information content (AvgIpc) is 3.45. The maximum Gasteiger partial charge on any atom is 0.326 e. The second kappa shape index (κ2) is 13.4. The summed E-state index contributed by atoms with van der Waals surface area (Å²) in [5, 5.41) is 30.3. The van der Waals surface area contributed by atoms with E-state index in [9.17, 15) is 41.7 Å². The van der Waals surface area contributed by atoms with E-state index < -0.39 is 32.2 Å². The number of aryl methyl sites for hydroxylation is 1. The number of amides is 2. The summed E-state index contributed by atoms with van der Waals surface area (Å²) < 4.78 is 52.8. The number of hydrogen-bond acceptors (Lipinski definition) is 10. The van der Waals surface area contributed by atoms with Crippen molar-refractivity contribution in [2.45, 2.75) is 26.3 Å². The number of carbonyl (C=O) groups is 2. The van der Waals surface area contributed by atoms with Crippen LogP contribution in [0.2, 0.25) is 0 Å². The van der Waals surface area contributed by atoms with Crippen LogP contribution in [0.25, 0.3) is 0 Å². The zero-order valence-corrected chi connectivity index (χ0v) is 27.3. The molecule has 4 aromatic carbocycles. The van der Waals surface area contributed by atoms with Gasteiger partial charge in [-0.15, -0.1) is 0 Å². The van der Waals surface area contributed by atoms with E-state index in [1.54, 1.807) is 24.3 Å². The van der Waals surface area contributed by atoms with E-state index in [2.05, 4.69) is 0 Å². The maximum absolute atomic E-state index is 11.9. The molecule has 0 bridgehead atoms. The molecule has 4 aromatic rings. The van der Waals surface area contributed by atoms with Crippen molar-refractivity contribution in [2.24, 2.45) is 5.73 Å². The highest BCUT2D eigenvalue weighted by atomic mass is 32.2. The van der Waals surface area contributed by atoms with Gasteiger partial charge < -0.3 is 21.1 Å². The van der Waals surface area contributed by atoms with Crippen LogP contribution in [0.1, 0.15) is 33.4 Å². The molecule has 2 fully saturated rings. The second-order valence-corrected chi connectivity index (χ2v) is 14.4. The third-order valence-electron chi connectivity index (χ3n) is 7.62. The Morgan fingerprint density at radius 2 is 1.12 bits per heavy atom. The highest BCUT2D eigenvalue weighted by Gasteiger charge is 2.36. The van der Waals surface area contributed by atoms with Crippen LogP contribution in [-0.4, -0.2) is 57.1 Å². The van der Waals surface area contributed by atoms with Crippen molar-refractivity contribution in [3.8, 4) is 17.2 Å². The van der Waals surface area contributed by atoms with Crippen LogP contribution < -0.4 is 23.8 Å². The molecule has 2 aliphatic rings. The van der Waals surface area contributed by atoms with Crippen molar-refractivity contribution >= 4 is 43.6 Å². The Hall–Kier alpha value is -5.32. The molecule has 0 atom stereocenters. The van der Waals surface area contributed by atoms with Crippen LogP contribution in [0.5, 0.6) is 17.2 Å². The minimum absolute atomic E-state index is 0.0329. The molecule has 2 saturated heterocycles. The molecule has 16 heteroatoms. The highest BCUT2D eigenvalue weighted by Crippen LogP contribution is 2.34. The van der Waals surface area contributed by atoms with E-state index in [4.69, 9.17) is 5.73 Å². The number of carbonyl (C=O) groups excluding carboxylic acids is 2. The van der Waals surface area contributed by atoms with Crippen LogP contribution in [0.4, 0.5) is 11.4 Å². The number of nitrogens with zero attached hydrogens (tertiary/aromatic N) is 2. The SMILES string of the molecule is Cc1ccc(O)c(Cc2ccc(N3CC(=O)NS3(=O)=O)c(O)c2)c1.NCc1ccccc1Cc1ccc(N2CC(=O)NS2(=O)=O)c(O)c1. The Morgan fingerprint density at radius 3 is 1.56 bits per heavy atom. The predicted octanol–water partition coefficient (Wildman–Crippen LogP) is 1.80. The summed E-state index contributed by atoms with van der Waals surface area (Å²) in [6.45, 7) is 1.62. The van der Waals surface area contributed by atoms with Crippen molar-refractivity contribution in [2.75, 3.05) is 21.7 Å². The Morgan fingerprint density at radius 1 is 0.646 bits per heavy atom. The van der Waals surface area contributed by atoms with E-state index in [0.29, 0.717) is 30.5 Å². The van der Waals surface area contributed by atoms with Crippen LogP contribution in [-0.2, 0) is 49.4 Å². The fraction of sp³-hybridized carbons (Fsp3) is 0.188. The van der Waals surface area contributed by atoms with Gasteiger partial charge in [0.1, 0.15) is 30.3 Å². The minimum atomic E-state index is -3.96. The Labute approximate surface area is 277 Å². The number of nitrogens with one attached hydrogen (secondary N) is 2. The molecule has 0 aromatic heterocycles. The smallest absolute Gasteiger partial charge is 0.326 e. The molecule has 7 N–H and O–H groups in total. The van der Waals surface area contributed by atoms with Crippen molar-refractivity contribution < 1.29 is 41.7 Å². The van der Waals surface area contributed by atoms with E-state index in [1.807, 2.05) is 46.7 Å². The van der Waals surface area contributed by atoms with Crippen molar-refractivity contribution in [3.63, 3.8) is 0 Å². The normalized spacial score (nSPS) is 16.2. The molecule has 0 spiro atoms. The minimum Gasteiger partial charge on any atom is -0.508 e. The van der Waals surface area contributed by atoms with Gasteiger partial charge in [0.25, 0.3) is 11.8 Å². The third-order valence-corrected chi connectivity index (χ3v) is 10.4. The molecule has 2 heterocycles. The van der Waals surface area contributed by atoms with E-state index >= 15 is 0 Å². The summed E-state index contributed by atoms with van der Waals surface area (Å²) in [7, 11) is -7.90. The fourth-order valence-electron chi connectivity index (χ4n) is 5.33. The number of benzene rings is 4. The molecule has 2 amide bonds. The van der Waals surface area contributed by atoms with Gasteiger partial charge >= 0.3 is 20.4 Å². The summed E-state index contributed by atoms with van der Waals surface area (Å²) in [4.78, 5) is 22.6. The Balaban J connectivity index is 0.000000188. The lowest BCUT2D eigenvalue weighted by Gasteiger charge is -2.17. The molecule has 252 valence electrons. The summed E-state index contributed by atoms with van der Waals surface area (Å²) in [5.41, 5.74) is 11.1. The summed E-state index contributed by atoms with van der Waals surface area (Å²) >= 11 is 0. The second-order valence-electron chi connectivity index (χ2n) is 11.2. The number of anilines is 2. The van der Waals surface area contributed by atoms with Crippen LogP contribution in [0, 0.1) is 6.92 Å². The fourth-order valence-corrected chi connectivity index (χ4v) is 7.65. The van der Waals surface area contributed by atoms with Gasteiger partial charge in [0, 0.05) is 13.0 Å². The zero-order chi connectivity index (χ0) is 34.8. The molecular weight excluding hydrogens is 663 g/mol. The first-order valence-corrected chi connectivity index (χ1v) is 17.4. The molecule has 6 rings (SSSR count). The Kier molecular flexibility index (Phi) is 9.52. The Bertz CT molecular complexity index is 2120. The predicted molar refractivity (Wildman–Crippen MR) is 178 cm³/mol. The number of aromatic hydroxyl groups is 3. The number of nitrogens with two attached hydrogens (primary N) is 1. The number of phenols is 3. The molecule has 2 aliphatic heterocycles. The van der Waals surface area contributed by atoms with Gasteiger partial charge in [-0.3, -0.25) is 9.59 Å². The lowest BCUT2D eigenvalue weighted by Crippen LogP contribution is -2.29. The van der Waals surface area contributed by atoms with Gasteiger partial charge in [-0.2, -0.15) is 16.8 Å². The molecule has 0 aliphatic carbocycles. The third kappa shape index (κ3) is 7.46. The van der Waals surface area contributed by atoms with Gasteiger partial charge in [-0.25, -0.2) is 18.1 Å². The monoisotopic (exact) mass is 695 g/mol. The van der Waals surface area contributed by atoms with Gasteiger partial charge in [0.2, 0.25) is 0 Å². The van der Waals surface area contributed by atoms with Gasteiger partial charge in [-0.1, -0.05) is 54.1 Å². The van der Waals surface area contributed by atoms with Crippen molar-refractivity contribution in [1.82, 2.24) is 9.44 Å². The largest absolute Gasteiger partial charge is 0.508 e. The van der Waals surface area contributed by atoms with E-state index in [-0.39, 0.29) is 41.7 Å². The van der Waals surface area contributed by atoms with Crippen molar-refractivity contribution in [3.05, 3.63) is 112 Å². The van der Waals surface area contributed by atoms with Crippen LogP contribution in [0.15, 0.2) is 78.9 Å². The summed E-state index contributed by atoms with van der Waals surface area (Å²) in [5.74, 6) is -1.57.